The molecule has 3 fully saturated rings. The maximum absolute atomic E-state index is 13.0. The number of carbonyl (C=O) groups excluding carboxylic acids is 1. The SMILES string of the molecule is O=C(c1ccnc(OC2CCOC2)c1)N1CCCN(C2CCCC2)CC1. The van der Waals surface area contributed by atoms with Crippen molar-refractivity contribution in [3.63, 3.8) is 0 Å². The number of hydrogen-bond acceptors (Lipinski definition) is 5. The van der Waals surface area contributed by atoms with Gasteiger partial charge in [0.1, 0.15) is 6.10 Å². The maximum Gasteiger partial charge on any atom is 0.254 e. The molecule has 2 aliphatic heterocycles. The van der Waals surface area contributed by atoms with Gasteiger partial charge in [-0.15, -0.1) is 0 Å². The van der Waals surface area contributed by atoms with Crippen molar-refractivity contribution in [3.05, 3.63) is 23.9 Å². The van der Waals surface area contributed by atoms with Crippen LogP contribution in [0.15, 0.2) is 18.3 Å². The second-order valence-corrected chi connectivity index (χ2v) is 7.61. The van der Waals surface area contributed by atoms with Crippen LogP contribution in [0.2, 0.25) is 0 Å². The number of amides is 1. The summed E-state index contributed by atoms with van der Waals surface area (Å²) in [5.41, 5.74) is 0.670. The van der Waals surface area contributed by atoms with Crippen LogP contribution in [0.3, 0.4) is 0 Å². The molecule has 1 aliphatic carbocycles. The second-order valence-electron chi connectivity index (χ2n) is 7.61. The van der Waals surface area contributed by atoms with Gasteiger partial charge in [0.25, 0.3) is 5.91 Å². The highest BCUT2D eigenvalue weighted by atomic mass is 16.5. The summed E-state index contributed by atoms with van der Waals surface area (Å²) in [6.07, 6.45) is 9.00. The zero-order valence-electron chi connectivity index (χ0n) is 15.4. The van der Waals surface area contributed by atoms with Crippen LogP contribution >= 0.6 is 0 Å². The highest BCUT2D eigenvalue weighted by Crippen LogP contribution is 2.25. The third kappa shape index (κ3) is 4.18. The first-order chi connectivity index (χ1) is 12.8. The number of hydrogen-bond donors (Lipinski definition) is 0. The third-order valence-corrected chi connectivity index (χ3v) is 5.82. The highest BCUT2D eigenvalue weighted by molar-refractivity contribution is 5.94. The molecule has 3 aliphatic rings. The van der Waals surface area contributed by atoms with Crippen LogP contribution in [0.5, 0.6) is 5.88 Å². The summed E-state index contributed by atoms with van der Waals surface area (Å²) >= 11 is 0. The fraction of sp³-hybridized carbons (Fsp3) is 0.700. The average Bonchev–Trinajstić information content (AvgIpc) is 3.32. The van der Waals surface area contributed by atoms with Crippen LogP contribution in [0.1, 0.15) is 48.9 Å². The smallest absolute Gasteiger partial charge is 0.254 e. The van der Waals surface area contributed by atoms with Gasteiger partial charge in [-0.3, -0.25) is 9.69 Å². The second kappa shape index (κ2) is 8.35. The van der Waals surface area contributed by atoms with E-state index in [0.29, 0.717) is 18.1 Å². The lowest BCUT2D eigenvalue weighted by Gasteiger charge is -2.27. The van der Waals surface area contributed by atoms with Gasteiger partial charge in [0.05, 0.1) is 13.2 Å². The lowest BCUT2D eigenvalue weighted by Crippen LogP contribution is -2.38. The van der Waals surface area contributed by atoms with Gasteiger partial charge in [0.15, 0.2) is 0 Å². The van der Waals surface area contributed by atoms with Crippen molar-refractivity contribution in [1.82, 2.24) is 14.8 Å². The Balaban J connectivity index is 1.37. The molecule has 1 amide bonds. The van der Waals surface area contributed by atoms with Gasteiger partial charge in [-0.25, -0.2) is 4.98 Å². The molecule has 3 heterocycles. The maximum atomic E-state index is 13.0. The van der Waals surface area contributed by atoms with E-state index >= 15 is 0 Å². The molecule has 1 atom stereocenters. The Bertz CT molecular complexity index is 612. The molecule has 2 saturated heterocycles. The van der Waals surface area contributed by atoms with Crippen molar-refractivity contribution in [2.45, 2.75) is 50.7 Å². The molecule has 6 nitrogen and oxygen atoms in total. The summed E-state index contributed by atoms with van der Waals surface area (Å²) < 4.78 is 11.2. The molecule has 0 spiro atoms. The summed E-state index contributed by atoms with van der Waals surface area (Å²) in [7, 11) is 0. The van der Waals surface area contributed by atoms with Gasteiger partial charge in [-0.05, 0) is 25.3 Å². The van der Waals surface area contributed by atoms with E-state index in [1.807, 2.05) is 4.90 Å². The molecule has 26 heavy (non-hydrogen) atoms. The van der Waals surface area contributed by atoms with E-state index in [1.165, 1.54) is 25.7 Å². The Morgan fingerprint density at radius 1 is 1.12 bits per heavy atom. The minimum atomic E-state index is 0.0472. The van der Waals surface area contributed by atoms with E-state index in [1.54, 1.807) is 18.3 Å². The first-order valence-electron chi connectivity index (χ1n) is 10.0. The van der Waals surface area contributed by atoms with Crippen LogP contribution in [0.25, 0.3) is 0 Å². The van der Waals surface area contributed by atoms with Gasteiger partial charge in [0, 0.05) is 56.5 Å². The van der Waals surface area contributed by atoms with Gasteiger partial charge < -0.3 is 14.4 Å². The van der Waals surface area contributed by atoms with E-state index in [4.69, 9.17) is 9.47 Å². The predicted molar refractivity (Wildman–Crippen MR) is 98.4 cm³/mol. The molecule has 1 aromatic rings. The number of ether oxygens (including phenoxy) is 2. The molecule has 142 valence electrons. The van der Waals surface area contributed by atoms with E-state index < -0.39 is 0 Å². The standard InChI is InChI=1S/C20H29N3O3/c24-20(16-6-8-21-19(14-16)26-18-7-13-25-15-18)23-10-3-9-22(11-12-23)17-4-1-2-5-17/h6,8,14,17-18H,1-5,7,9-13,15H2. The molecular weight excluding hydrogens is 330 g/mol. The molecular formula is C20H29N3O3. The van der Waals surface area contributed by atoms with Crippen molar-refractivity contribution >= 4 is 5.91 Å². The summed E-state index contributed by atoms with van der Waals surface area (Å²) in [5, 5.41) is 0. The van der Waals surface area contributed by atoms with Crippen LogP contribution in [0.4, 0.5) is 0 Å². The molecule has 1 aromatic heterocycles. The lowest BCUT2D eigenvalue weighted by atomic mass is 10.2. The van der Waals surface area contributed by atoms with Gasteiger partial charge in [-0.1, -0.05) is 12.8 Å². The largest absolute Gasteiger partial charge is 0.472 e. The molecule has 0 aromatic carbocycles. The Morgan fingerprint density at radius 2 is 2.00 bits per heavy atom. The number of rotatable bonds is 4. The van der Waals surface area contributed by atoms with Crippen LogP contribution in [-0.4, -0.2) is 72.2 Å². The minimum absolute atomic E-state index is 0.0472. The van der Waals surface area contributed by atoms with Crippen molar-refractivity contribution in [3.8, 4) is 5.88 Å². The lowest BCUT2D eigenvalue weighted by molar-refractivity contribution is 0.0756. The summed E-state index contributed by atoms with van der Waals surface area (Å²) in [6, 6.07) is 4.31. The summed E-state index contributed by atoms with van der Waals surface area (Å²) in [4.78, 5) is 21.8. The van der Waals surface area contributed by atoms with Crippen molar-refractivity contribution in [1.29, 1.82) is 0 Å². The molecule has 1 saturated carbocycles. The Labute approximate surface area is 155 Å². The Hall–Kier alpha value is -1.66. The zero-order valence-corrected chi connectivity index (χ0v) is 15.4. The van der Waals surface area contributed by atoms with E-state index in [2.05, 4.69) is 9.88 Å². The Morgan fingerprint density at radius 3 is 2.81 bits per heavy atom. The predicted octanol–water partition coefficient (Wildman–Crippen LogP) is 2.34. The van der Waals surface area contributed by atoms with E-state index in [-0.39, 0.29) is 12.0 Å². The normalized spacial score (nSPS) is 25.4. The molecule has 1 unspecified atom stereocenters. The summed E-state index contributed by atoms with van der Waals surface area (Å²) in [5.74, 6) is 0.613. The topological polar surface area (TPSA) is 54.9 Å². The van der Waals surface area contributed by atoms with Crippen molar-refractivity contribution < 1.29 is 14.3 Å². The van der Waals surface area contributed by atoms with Crippen molar-refractivity contribution in [2.24, 2.45) is 0 Å². The van der Waals surface area contributed by atoms with Gasteiger partial charge in [0.2, 0.25) is 5.88 Å². The van der Waals surface area contributed by atoms with Gasteiger partial charge >= 0.3 is 0 Å². The quantitative estimate of drug-likeness (QED) is 0.826. The first kappa shape index (κ1) is 17.7. The molecule has 0 radical (unpaired) electrons. The molecule has 4 rings (SSSR count). The number of nitrogens with zero attached hydrogens (tertiary/aromatic N) is 3. The number of carbonyl (C=O) groups is 1. The average molecular weight is 359 g/mol. The molecule has 6 heteroatoms. The highest BCUT2D eigenvalue weighted by Gasteiger charge is 2.27. The zero-order chi connectivity index (χ0) is 17.8. The molecule has 0 N–H and O–H groups in total. The number of aromatic nitrogens is 1. The van der Waals surface area contributed by atoms with Crippen LogP contribution < -0.4 is 4.74 Å². The van der Waals surface area contributed by atoms with Gasteiger partial charge in [-0.2, -0.15) is 0 Å². The fourth-order valence-electron chi connectivity index (χ4n) is 4.34. The first-order valence-corrected chi connectivity index (χ1v) is 10.0. The van der Waals surface area contributed by atoms with E-state index in [9.17, 15) is 4.79 Å². The van der Waals surface area contributed by atoms with Crippen LogP contribution in [-0.2, 0) is 4.74 Å². The fourth-order valence-corrected chi connectivity index (χ4v) is 4.34. The monoisotopic (exact) mass is 359 g/mol. The van der Waals surface area contributed by atoms with E-state index in [0.717, 1.165) is 51.7 Å². The summed E-state index contributed by atoms with van der Waals surface area (Å²) in [6.45, 7) is 5.07. The molecule has 0 bridgehead atoms. The van der Waals surface area contributed by atoms with Crippen molar-refractivity contribution in [2.75, 3.05) is 39.4 Å². The Kier molecular flexibility index (Phi) is 5.70. The minimum Gasteiger partial charge on any atom is -0.472 e. The number of pyridine rings is 1. The van der Waals surface area contributed by atoms with Crippen LogP contribution in [0, 0.1) is 0 Å². The third-order valence-electron chi connectivity index (χ3n) is 5.82.